The molecule has 1 aromatic rings. The fraction of sp³-hybridized carbons (Fsp3) is 0.118. The number of nitro groups is 1. The second-order valence-electron chi connectivity index (χ2n) is 5.23. The minimum Gasteiger partial charge on any atom is -0.502 e. The fourth-order valence-corrected chi connectivity index (χ4v) is 2.41. The Labute approximate surface area is 137 Å². The average Bonchev–Trinajstić information content (AvgIpc) is 2.62. The van der Waals surface area contributed by atoms with E-state index in [1.54, 1.807) is 6.20 Å². The Kier molecular flexibility index (Phi) is 4.15. The molecule has 1 heterocycles. The van der Waals surface area contributed by atoms with Crippen molar-refractivity contribution in [3.05, 3.63) is 82.1 Å². The van der Waals surface area contributed by atoms with Gasteiger partial charge in [0.15, 0.2) is 5.75 Å². The quantitative estimate of drug-likeness (QED) is 0.679. The molecule has 0 atom stereocenters. The summed E-state index contributed by atoms with van der Waals surface area (Å²) in [5.74, 6) is -0.380. The molecule has 7 nitrogen and oxygen atoms in total. The van der Waals surface area contributed by atoms with E-state index in [0.29, 0.717) is 5.76 Å². The van der Waals surface area contributed by atoms with Crippen LogP contribution in [-0.4, -0.2) is 20.8 Å². The van der Waals surface area contributed by atoms with Gasteiger partial charge in [-0.3, -0.25) is 19.8 Å². The molecular weight excluding hydrogens is 312 g/mol. The first-order valence-corrected chi connectivity index (χ1v) is 7.27. The van der Waals surface area contributed by atoms with Crippen LogP contribution in [-0.2, 0) is 4.74 Å². The zero-order valence-corrected chi connectivity index (χ0v) is 12.6. The van der Waals surface area contributed by atoms with Gasteiger partial charge in [0.1, 0.15) is 12.0 Å². The van der Waals surface area contributed by atoms with Crippen molar-refractivity contribution in [1.82, 2.24) is 4.90 Å². The number of nitro benzene ring substituents is 1. The van der Waals surface area contributed by atoms with Gasteiger partial charge in [0.05, 0.1) is 11.1 Å². The van der Waals surface area contributed by atoms with E-state index in [1.165, 1.54) is 23.4 Å². The molecule has 0 bridgehead atoms. The molecule has 0 aromatic heterocycles. The van der Waals surface area contributed by atoms with Crippen LogP contribution >= 0.6 is 0 Å². The minimum absolute atomic E-state index is 0.0965. The molecular formula is C17H14N2O5. The topological polar surface area (TPSA) is 92.9 Å². The van der Waals surface area contributed by atoms with Crippen molar-refractivity contribution in [2.45, 2.75) is 12.8 Å². The van der Waals surface area contributed by atoms with Gasteiger partial charge in [-0.05, 0) is 30.5 Å². The number of hydrogen-bond acceptors (Lipinski definition) is 5. The number of ether oxygens (including phenoxy) is 1. The predicted octanol–water partition coefficient (Wildman–Crippen LogP) is 3.36. The van der Waals surface area contributed by atoms with Crippen molar-refractivity contribution < 1.29 is 19.6 Å². The molecule has 7 heteroatoms. The first kappa shape index (κ1) is 15.5. The monoisotopic (exact) mass is 326 g/mol. The Morgan fingerprint density at radius 1 is 1.38 bits per heavy atom. The van der Waals surface area contributed by atoms with E-state index in [2.05, 4.69) is 0 Å². The molecule has 24 heavy (non-hydrogen) atoms. The van der Waals surface area contributed by atoms with E-state index in [1.807, 2.05) is 18.2 Å². The number of hydrogen-bond donors (Lipinski definition) is 1. The average molecular weight is 326 g/mol. The number of phenolic OH excluding ortho intramolecular Hbond substituents is 1. The van der Waals surface area contributed by atoms with Gasteiger partial charge in [-0.15, -0.1) is 0 Å². The van der Waals surface area contributed by atoms with E-state index < -0.39 is 22.3 Å². The molecule has 3 rings (SSSR count). The highest BCUT2D eigenvalue weighted by Gasteiger charge is 2.22. The van der Waals surface area contributed by atoms with Gasteiger partial charge in [-0.25, -0.2) is 0 Å². The molecule has 1 N–H and O–H groups in total. The highest BCUT2D eigenvalue weighted by molar-refractivity contribution is 5.96. The van der Waals surface area contributed by atoms with Crippen LogP contribution in [0.4, 0.5) is 5.69 Å². The third kappa shape index (κ3) is 3.05. The smallest absolute Gasteiger partial charge is 0.311 e. The summed E-state index contributed by atoms with van der Waals surface area (Å²) in [4.78, 5) is 24.0. The maximum absolute atomic E-state index is 12.6. The lowest BCUT2D eigenvalue weighted by Crippen LogP contribution is -2.23. The highest BCUT2D eigenvalue weighted by Crippen LogP contribution is 2.28. The summed E-state index contributed by atoms with van der Waals surface area (Å²) in [7, 11) is 0. The van der Waals surface area contributed by atoms with Crippen molar-refractivity contribution in [3.8, 4) is 5.75 Å². The van der Waals surface area contributed by atoms with Crippen molar-refractivity contribution in [2.75, 3.05) is 0 Å². The molecule has 0 radical (unpaired) electrons. The van der Waals surface area contributed by atoms with Crippen LogP contribution in [0.25, 0.3) is 0 Å². The Morgan fingerprint density at radius 2 is 2.21 bits per heavy atom. The lowest BCUT2D eigenvalue weighted by molar-refractivity contribution is -0.385. The maximum Gasteiger partial charge on any atom is 0.311 e. The van der Waals surface area contributed by atoms with Crippen molar-refractivity contribution >= 4 is 11.6 Å². The number of nitrogens with zero attached hydrogens (tertiary/aromatic N) is 2. The molecule has 1 aliphatic carbocycles. The predicted molar refractivity (Wildman–Crippen MR) is 85.7 cm³/mol. The van der Waals surface area contributed by atoms with Crippen LogP contribution in [0.3, 0.4) is 0 Å². The van der Waals surface area contributed by atoms with E-state index >= 15 is 0 Å². The Balaban J connectivity index is 1.88. The molecule has 1 amide bonds. The molecule has 0 saturated heterocycles. The fourth-order valence-electron chi connectivity index (χ4n) is 2.41. The number of allylic oxidation sites excluding steroid dienone is 4. The Bertz CT molecular complexity index is 820. The third-order valence-electron chi connectivity index (χ3n) is 3.66. The van der Waals surface area contributed by atoms with Crippen LogP contribution in [0.5, 0.6) is 5.75 Å². The van der Waals surface area contributed by atoms with Crippen LogP contribution in [0.1, 0.15) is 23.2 Å². The molecule has 0 saturated carbocycles. The van der Waals surface area contributed by atoms with E-state index in [9.17, 15) is 20.0 Å². The van der Waals surface area contributed by atoms with Crippen LogP contribution in [0, 0.1) is 10.1 Å². The zero-order chi connectivity index (χ0) is 17.1. The van der Waals surface area contributed by atoms with Crippen LogP contribution < -0.4 is 0 Å². The van der Waals surface area contributed by atoms with E-state index in [4.69, 9.17) is 4.74 Å². The van der Waals surface area contributed by atoms with Gasteiger partial charge in [0, 0.05) is 17.8 Å². The van der Waals surface area contributed by atoms with Gasteiger partial charge in [0.25, 0.3) is 5.91 Å². The van der Waals surface area contributed by atoms with E-state index in [0.717, 1.165) is 30.5 Å². The number of phenols is 1. The number of amides is 1. The number of aromatic hydroxyl groups is 1. The summed E-state index contributed by atoms with van der Waals surface area (Å²) in [6.07, 6.45) is 12.0. The molecule has 0 unspecified atom stereocenters. The highest BCUT2D eigenvalue weighted by atomic mass is 16.6. The molecule has 1 aromatic carbocycles. The number of benzene rings is 1. The van der Waals surface area contributed by atoms with E-state index in [-0.39, 0.29) is 5.56 Å². The van der Waals surface area contributed by atoms with Gasteiger partial charge in [-0.1, -0.05) is 18.2 Å². The van der Waals surface area contributed by atoms with Crippen molar-refractivity contribution in [3.63, 3.8) is 0 Å². The molecule has 0 spiro atoms. The first-order chi connectivity index (χ1) is 11.6. The summed E-state index contributed by atoms with van der Waals surface area (Å²) >= 11 is 0. The van der Waals surface area contributed by atoms with Crippen LogP contribution in [0.15, 0.2) is 66.4 Å². The number of carbonyl (C=O) groups excluding carboxylic acids is 1. The zero-order valence-electron chi connectivity index (χ0n) is 12.6. The third-order valence-corrected chi connectivity index (χ3v) is 3.66. The summed E-state index contributed by atoms with van der Waals surface area (Å²) < 4.78 is 5.45. The summed E-state index contributed by atoms with van der Waals surface area (Å²) in [5.41, 5.74) is 0.554. The number of rotatable bonds is 3. The van der Waals surface area contributed by atoms with Gasteiger partial charge in [0.2, 0.25) is 0 Å². The lowest BCUT2D eigenvalue weighted by Gasteiger charge is -2.22. The first-order valence-electron chi connectivity index (χ1n) is 7.27. The number of carbonyl (C=O) groups is 1. The normalized spacial score (nSPS) is 16.2. The molecule has 2 aliphatic rings. The molecule has 1 aliphatic heterocycles. The Morgan fingerprint density at radius 3 is 2.92 bits per heavy atom. The van der Waals surface area contributed by atoms with Gasteiger partial charge in [-0.2, -0.15) is 0 Å². The summed E-state index contributed by atoms with van der Waals surface area (Å²) in [5, 5.41) is 20.4. The van der Waals surface area contributed by atoms with Crippen molar-refractivity contribution in [1.29, 1.82) is 0 Å². The summed E-state index contributed by atoms with van der Waals surface area (Å²) in [6.45, 7) is 0. The minimum atomic E-state index is -0.734. The summed E-state index contributed by atoms with van der Waals surface area (Å²) in [6, 6.07) is 3.52. The van der Waals surface area contributed by atoms with Gasteiger partial charge < -0.3 is 9.84 Å². The second kappa shape index (κ2) is 6.41. The largest absolute Gasteiger partial charge is 0.502 e. The van der Waals surface area contributed by atoms with Crippen molar-refractivity contribution in [2.24, 2.45) is 0 Å². The lowest BCUT2D eigenvalue weighted by atomic mass is 10.0. The molecule has 122 valence electrons. The van der Waals surface area contributed by atoms with Gasteiger partial charge >= 0.3 is 5.69 Å². The second-order valence-corrected chi connectivity index (χ2v) is 5.23. The SMILES string of the molecule is O=C(c1ccc(O)c([N+](=O)[O-])c1)N1C=COC(C2=CC=CCC2)=C1. The molecule has 0 fully saturated rings. The standard InChI is InChI=1S/C17H14N2O5/c20-15-7-6-13(10-14(15)19(22)23)17(21)18-8-9-24-16(11-18)12-4-2-1-3-5-12/h1-2,4,6-11,20H,3,5H2. The van der Waals surface area contributed by atoms with Crippen LogP contribution in [0.2, 0.25) is 0 Å². The Hall–Kier alpha value is -3.35. The maximum atomic E-state index is 12.6.